The van der Waals surface area contributed by atoms with Crippen LogP contribution < -0.4 is 0 Å². The SMILES string of the molecule is C[C@H]1CN(C(=O)Cc2ccc(F)c(Br)c2)CCN1C(=O)OC(C)(C)C. The van der Waals surface area contributed by atoms with Crippen LogP contribution >= 0.6 is 15.9 Å². The van der Waals surface area contributed by atoms with Crippen molar-refractivity contribution in [2.75, 3.05) is 19.6 Å². The van der Waals surface area contributed by atoms with Crippen LogP contribution in [0.4, 0.5) is 9.18 Å². The molecule has 0 saturated carbocycles. The first-order chi connectivity index (χ1) is 11.6. The van der Waals surface area contributed by atoms with E-state index in [0.717, 1.165) is 5.56 Å². The summed E-state index contributed by atoms with van der Waals surface area (Å²) >= 11 is 3.13. The van der Waals surface area contributed by atoms with Crippen LogP contribution in [0.1, 0.15) is 33.3 Å². The predicted molar refractivity (Wildman–Crippen MR) is 96.8 cm³/mol. The fourth-order valence-corrected chi connectivity index (χ4v) is 3.14. The van der Waals surface area contributed by atoms with Crippen molar-refractivity contribution in [1.29, 1.82) is 0 Å². The van der Waals surface area contributed by atoms with Crippen LogP contribution in [0.25, 0.3) is 0 Å². The molecule has 1 aliphatic heterocycles. The number of carbonyl (C=O) groups excluding carboxylic acids is 2. The van der Waals surface area contributed by atoms with E-state index in [2.05, 4.69) is 15.9 Å². The zero-order valence-corrected chi connectivity index (χ0v) is 16.6. The van der Waals surface area contributed by atoms with Crippen molar-refractivity contribution in [2.45, 2.75) is 45.8 Å². The monoisotopic (exact) mass is 414 g/mol. The summed E-state index contributed by atoms with van der Waals surface area (Å²) in [4.78, 5) is 28.1. The third kappa shape index (κ3) is 5.42. The maximum Gasteiger partial charge on any atom is 0.410 e. The summed E-state index contributed by atoms with van der Waals surface area (Å²) in [5.74, 6) is -0.384. The fraction of sp³-hybridized carbons (Fsp3) is 0.556. The molecule has 5 nitrogen and oxygen atoms in total. The summed E-state index contributed by atoms with van der Waals surface area (Å²) in [7, 11) is 0. The van der Waals surface area contributed by atoms with Crippen LogP contribution in [0.2, 0.25) is 0 Å². The first kappa shape index (κ1) is 19.7. The molecule has 1 aliphatic rings. The average Bonchev–Trinajstić information content (AvgIpc) is 2.49. The minimum Gasteiger partial charge on any atom is -0.444 e. The van der Waals surface area contributed by atoms with Crippen LogP contribution in [0, 0.1) is 5.82 Å². The van der Waals surface area contributed by atoms with Crippen LogP contribution in [-0.4, -0.2) is 53.1 Å². The summed E-state index contributed by atoms with van der Waals surface area (Å²) in [5.41, 5.74) is 0.209. The van der Waals surface area contributed by atoms with E-state index in [1.165, 1.54) is 6.07 Å². The minimum absolute atomic E-state index is 0.0332. The fourth-order valence-electron chi connectivity index (χ4n) is 2.71. The van der Waals surface area contributed by atoms with Crippen molar-refractivity contribution < 1.29 is 18.7 Å². The molecule has 1 aromatic rings. The number of amides is 2. The average molecular weight is 415 g/mol. The number of rotatable bonds is 2. The first-order valence-electron chi connectivity index (χ1n) is 8.28. The highest BCUT2D eigenvalue weighted by molar-refractivity contribution is 9.10. The molecule has 2 rings (SSSR count). The van der Waals surface area contributed by atoms with Crippen molar-refractivity contribution in [3.63, 3.8) is 0 Å². The summed E-state index contributed by atoms with van der Waals surface area (Å²) in [6, 6.07) is 4.45. The lowest BCUT2D eigenvalue weighted by atomic mass is 10.1. The van der Waals surface area contributed by atoms with Gasteiger partial charge in [-0.25, -0.2) is 9.18 Å². The lowest BCUT2D eigenvalue weighted by Gasteiger charge is -2.40. The molecule has 2 amide bonds. The van der Waals surface area contributed by atoms with E-state index < -0.39 is 5.60 Å². The highest BCUT2D eigenvalue weighted by Crippen LogP contribution is 2.19. The van der Waals surface area contributed by atoms with Crippen LogP contribution in [-0.2, 0) is 16.0 Å². The summed E-state index contributed by atoms with van der Waals surface area (Å²) in [6.45, 7) is 8.75. The Labute approximate surface area is 156 Å². The molecule has 1 heterocycles. The van der Waals surface area contributed by atoms with E-state index in [1.807, 2.05) is 27.7 Å². The molecule has 0 bridgehead atoms. The van der Waals surface area contributed by atoms with Crippen molar-refractivity contribution in [3.8, 4) is 0 Å². The van der Waals surface area contributed by atoms with Crippen LogP contribution in [0.15, 0.2) is 22.7 Å². The van der Waals surface area contributed by atoms with E-state index in [0.29, 0.717) is 24.1 Å². The Morgan fingerprint density at radius 2 is 2.00 bits per heavy atom. The third-order valence-corrected chi connectivity index (χ3v) is 4.56. The van der Waals surface area contributed by atoms with Crippen molar-refractivity contribution >= 4 is 27.9 Å². The molecule has 0 spiro atoms. The Kier molecular flexibility index (Phi) is 6.08. The molecule has 0 unspecified atom stereocenters. The molecule has 138 valence electrons. The number of carbonyl (C=O) groups is 2. The summed E-state index contributed by atoms with van der Waals surface area (Å²) in [5, 5.41) is 0. The topological polar surface area (TPSA) is 49.9 Å². The van der Waals surface area contributed by atoms with E-state index in [9.17, 15) is 14.0 Å². The maximum atomic E-state index is 13.3. The molecule has 1 saturated heterocycles. The third-order valence-electron chi connectivity index (χ3n) is 3.95. The second kappa shape index (κ2) is 7.72. The lowest BCUT2D eigenvalue weighted by Crippen LogP contribution is -2.56. The molecule has 1 atom stereocenters. The van der Waals surface area contributed by atoms with Crippen molar-refractivity contribution in [3.05, 3.63) is 34.1 Å². The van der Waals surface area contributed by atoms with Gasteiger partial charge in [0.05, 0.1) is 10.9 Å². The van der Waals surface area contributed by atoms with E-state index >= 15 is 0 Å². The van der Waals surface area contributed by atoms with Gasteiger partial charge in [0.15, 0.2) is 0 Å². The molecule has 1 fully saturated rings. The van der Waals surface area contributed by atoms with Gasteiger partial charge in [0.1, 0.15) is 11.4 Å². The Morgan fingerprint density at radius 3 is 2.56 bits per heavy atom. The molecule has 0 radical (unpaired) electrons. The molecular weight excluding hydrogens is 391 g/mol. The molecule has 0 aromatic heterocycles. The van der Waals surface area contributed by atoms with Crippen LogP contribution in [0.3, 0.4) is 0 Å². The number of hydrogen-bond donors (Lipinski definition) is 0. The van der Waals surface area contributed by atoms with Gasteiger partial charge in [-0.15, -0.1) is 0 Å². The number of ether oxygens (including phenoxy) is 1. The maximum absolute atomic E-state index is 13.3. The minimum atomic E-state index is -0.542. The number of benzene rings is 1. The number of hydrogen-bond acceptors (Lipinski definition) is 3. The van der Waals surface area contributed by atoms with Crippen LogP contribution in [0.5, 0.6) is 0 Å². The number of piperazine rings is 1. The van der Waals surface area contributed by atoms with Gasteiger partial charge >= 0.3 is 6.09 Å². The second-order valence-electron chi connectivity index (χ2n) is 7.29. The van der Waals surface area contributed by atoms with Gasteiger partial charge in [0, 0.05) is 25.7 Å². The Morgan fingerprint density at radius 1 is 1.32 bits per heavy atom. The summed E-state index contributed by atoms with van der Waals surface area (Å²) in [6.07, 6.45) is -0.146. The normalized spacial score (nSPS) is 18.2. The molecule has 25 heavy (non-hydrogen) atoms. The largest absolute Gasteiger partial charge is 0.444 e. The second-order valence-corrected chi connectivity index (χ2v) is 8.14. The zero-order chi connectivity index (χ0) is 18.8. The zero-order valence-electron chi connectivity index (χ0n) is 15.0. The quantitative estimate of drug-likeness (QED) is 0.742. The highest BCUT2D eigenvalue weighted by atomic mass is 79.9. The molecule has 7 heteroatoms. The Bertz CT molecular complexity index is 660. The highest BCUT2D eigenvalue weighted by Gasteiger charge is 2.32. The Hall–Kier alpha value is -1.63. The predicted octanol–water partition coefficient (Wildman–Crippen LogP) is 3.60. The van der Waals surface area contributed by atoms with E-state index in [1.54, 1.807) is 21.9 Å². The molecule has 0 N–H and O–H groups in total. The molecule has 1 aromatic carbocycles. The van der Waals surface area contributed by atoms with Crippen molar-refractivity contribution in [2.24, 2.45) is 0 Å². The van der Waals surface area contributed by atoms with E-state index in [4.69, 9.17) is 4.74 Å². The smallest absolute Gasteiger partial charge is 0.410 e. The van der Waals surface area contributed by atoms with Gasteiger partial charge in [-0.2, -0.15) is 0 Å². The van der Waals surface area contributed by atoms with Gasteiger partial charge < -0.3 is 14.5 Å². The van der Waals surface area contributed by atoms with Gasteiger partial charge in [-0.3, -0.25) is 4.79 Å². The van der Waals surface area contributed by atoms with Gasteiger partial charge in [0.25, 0.3) is 0 Å². The van der Waals surface area contributed by atoms with Gasteiger partial charge in [-0.05, 0) is 61.3 Å². The van der Waals surface area contributed by atoms with E-state index in [-0.39, 0.29) is 30.3 Å². The first-order valence-corrected chi connectivity index (χ1v) is 9.07. The lowest BCUT2D eigenvalue weighted by molar-refractivity contribution is -0.133. The Balaban J connectivity index is 1.94. The van der Waals surface area contributed by atoms with Gasteiger partial charge in [-0.1, -0.05) is 6.07 Å². The standard InChI is InChI=1S/C18H24BrFN2O3/c1-12-11-21(7-8-22(12)17(24)25-18(2,3)4)16(23)10-13-5-6-15(20)14(19)9-13/h5-6,9,12H,7-8,10-11H2,1-4H3/t12-/m0/s1. The number of nitrogens with zero attached hydrogens (tertiary/aromatic N) is 2. The summed E-state index contributed by atoms with van der Waals surface area (Å²) < 4.78 is 19.0. The number of halogens is 2. The van der Waals surface area contributed by atoms with Gasteiger partial charge in [0.2, 0.25) is 5.91 Å². The molecule has 0 aliphatic carbocycles. The molecular formula is C18H24BrFN2O3. The van der Waals surface area contributed by atoms with Crippen molar-refractivity contribution in [1.82, 2.24) is 9.80 Å².